The number of rotatable bonds is 6. The molecule has 104 valence electrons. The van der Waals surface area contributed by atoms with Crippen molar-refractivity contribution in [3.05, 3.63) is 48.6 Å². The van der Waals surface area contributed by atoms with Gasteiger partial charge in [0.05, 0.1) is 18.5 Å². The number of carbonyl (C=O) groups is 2. The normalized spacial score (nSPS) is 10.8. The van der Waals surface area contributed by atoms with E-state index in [9.17, 15) is 9.59 Å². The summed E-state index contributed by atoms with van der Waals surface area (Å²) in [5, 5.41) is 18.1. The highest BCUT2D eigenvalue weighted by Crippen LogP contribution is 2.19. The van der Waals surface area contributed by atoms with Gasteiger partial charge in [0, 0.05) is 0 Å². The van der Waals surface area contributed by atoms with Crippen molar-refractivity contribution in [3.8, 4) is 0 Å². The predicted octanol–water partition coefficient (Wildman–Crippen LogP) is 1.90. The quantitative estimate of drug-likeness (QED) is 0.549. The van der Waals surface area contributed by atoms with Crippen LogP contribution >= 0.6 is 11.6 Å². The molecule has 0 aromatic heterocycles. The van der Waals surface area contributed by atoms with E-state index in [1.807, 2.05) is 30.3 Å². The van der Waals surface area contributed by atoms with Crippen molar-refractivity contribution in [1.82, 2.24) is 5.32 Å². The standard InChI is InChI=1S/C9H9Cl.C4H7NO4/c1-2-9(10)8-6-4-3-5-7-8;6-3(7)1-5-2-4(8)9/h2-7,9H,1H2;5H,1-2H2,(H,6,7)(H,8,9). The average Bonchev–Trinajstić information content (AvgIpc) is 2.38. The Kier molecular flexibility index (Phi) is 9.12. The minimum atomic E-state index is -1.06. The molecule has 0 amide bonds. The van der Waals surface area contributed by atoms with Crippen molar-refractivity contribution in [2.24, 2.45) is 0 Å². The van der Waals surface area contributed by atoms with Crippen LogP contribution in [0.3, 0.4) is 0 Å². The molecule has 1 aromatic rings. The number of hydrogen-bond donors (Lipinski definition) is 3. The molecule has 0 radical (unpaired) electrons. The third-order valence-corrected chi connectivity index (χ3v) is 2.31. The smallest absolute Gasteiger partial charge is 0.317 e. The number of alkyl halides is 1. The third kappa shape index (κ3) is 9.82. The van der Waals surface area contributed by atoms with E-state index < -0.39 is 11.9 Å². The molecular weight excluding hydrogens is 270 g/mol. The number of hydrogen-bond acceptors (Lipinski definition) is 3. The van der Waals surface area contributed by atoms with Crippen LogP contribution in [-0.2, 0) is 9.59 Å². The monoisotopic (exact) mass is 285 g/mol. The zero-order valence-electron chi connectivity index (χ0n) is 10.3. The van der Waals surface area contributed by atoms with Gasteiger partial charge in [-0.05, 0) is 5.56 Å². The Bertz CT molecular complexity index is 394. The summed E-state index contributed by atoms with van der Waals surface area (Å²) >= 11 is 5.87. The molecule has 3 N–H and O–H groups in total. The molecule has 0 fully saturated rings. The van der Waals surface area contributed by atoms with Crippen LogP contribution in [0.4, 0.5) is 0 Å². The van der Waals surface area contributed by atoms with E-state index in [2.05, 4.69) is 11.9 Å². The van der Waals surface area contributed by atoms with E-state index >= 15 is 0 Å². The van der Waals surface area contributed by atoms with Crippen LogP contribution in [0.2, 0.25) is 0 Å². The van der Waals surface area contributed by atoms with Gasteiger partial charge in [-0.25, -0.2) is 0 Å². The van der Waals surface area contributed by atoms with E-state index in [0.717, 1.165) is 5.56 Å². The lowest BCUT2D eigenvalue weighted by molar-refractivity contribution is -0.137. The summed E-state index contributed by atoms with van der Waals surface area (Å²) in [6.45, 7) is 2.98. The molecule has 0 aliphatic carbocycles. The Morgan fingerprint density at radius 2 is 1.68 bits per heavy atom. The summed E-state index contributed by atoms with van der Waals surface area (Å²) in [5.41, 5.74) is 1.10. The fourth-order valence-electron chi connectivity index (χ4n) is 1.05. The Morgan fingerprint density at radius 3 is 2.05 bits per heavy atom. The minimum absolute atomic E-state index is 0.0544. The molecule has 0 saturated heterocycles. The fraction of sp³-hybridized carbons (Fsp3) is 0.231. The van der Waals surface area contributed by atoms with Gasteiger partial charge < -0.3 is 10.2 Å². The minimum Gasteiger partial charge on any atom is -0.480 e. The molecule has 0 aliphatic rings. The number of aliphatic carboxylic acids is 2. The topological polar surface area (TPSA) is 86.6 Å². The van der Waals surface area contributed by atoms with E-state index in [1.54, 1.807) is 6.08 Å². The largest absolute Gasteiger partial charge is 0.480 e. The van der Waals surface area contributed by atoms with E-state index in [-0.39, 0.29) is 18.5 Å². The van der Waals surface area contributed by atoms with Gasteiger partial charge in [0.1, 0.15) is 0 Å². The van der Waals surface area contributed by atoms with Crippen LogP contribution < -0.4 is 5.32 Å². The lowest BCUT2D eigenvalue weighted by atomic mass is 10.1. The lowest BCUT2D eigenvalue weighted by Crippen LogP contribution is -2.27. The summed E-state index contributed by atoms with van der Waals surface area (Å²) in [6, 6.07) is 9.87. The van der Waals surface area contributed by atoms with Crippen LogP contribution in [0.25, 0.3) is 0 Å². The first-order valence-corrected chi connectivity index (χ1v) is 5.87. The number of carboxylic acid groups (broad SMARTS) is 2. The van der Waals surface area contributed by atoms with Crippen molar-refractivity contribution in [2.45, 2.75) is 5.38 Å². The molecule has 0 heterocycles. The molecule has 0 aliphatic heterocycles. The molecule has 1 rings (SSSR count). The van der Waals surface area contributed by atoms with Crippen molar-refractivity contribution < 1.29 is 19.8 Å². The van der Waals surface area contributed by atoms with Gasteiger partial charge in [-0.3, -0.25) is 14.9 Å². The van der Waals surface area contributed by atoms with E-state index in [1.165, 1.54) is 0 Å². The van der Waals surface area contributed by atoms with Crippen LogP contribution in [0.1, 0.15) is 10.9 Å². The maximum atomic E-state index is 9.73. The van der Waals surface area contributed by atoms with Crippen LogP contribution in [0.5, 0.6) is 0 Å². The number of carboxylic acids is 2. The number of benzene rings is 1. The van der Waals surface area contributed by atoms with Gasteiger partial charge in [-0.2, -0.15) is 0 Å². The zero-order chi connectivity index (χ0) is 14.7. The highest BCUT2D eigenvalue weighted by atomic mass is 35.5. The second-order valence-corrected chi connectivity index (χ2v) is 3.91. The van der Waals surface area contributed by atoms with Crippen molar-refractivity contribution in [3.63, 3.8) is 0 Å². The van der Waals surface area contributed by atoms with Gasteiger partial charge in [0.15, 0.2) is 0 Å². The van der Waals surface area contributed by atoms with Crippen LogP contribution in [-0.4, -0.2) is 35.2 Å². The molecule has 1 unspecified atom stereocenters. The maximum absolute atomic E-state index is 9.73. The zero-order valence-corrected chi connectivity index (χ0v) is 11.0. The molecule has 1 atom stereocenters. The number of halogens is 1. The summed E-state index contributed by atoms with van der Waals surface area (Å²) in [7, 11) is 0. The van der Waals surface area contributed by atoms with Gasteiger partial charge in [0.25, 0.3) is 0 Å². The lowest BCUT2D eigenvalue weighted by Gasteiger charge is -2.01. The fourth-order valence-corrected chi connectivity index (χ4v) is 1.19. The maximum Gasteiger partial charge on any atom is 0.317 e. The molecule has 5 nitrogen and oxygen atoms in total. The van der Waals surface area contributed by atoms with E-state index in [0.29, 0.717) is 0 Å². The van der Waals surface area contributed by atoms with Crippen LogP contribution in [0.15, 0.2) is 43.0 Å². The average molecular weight is 286 g/mol. The first-order valence-electron chi connectivity index (χ1n) is 5.43. The van der Waals surface area contributed by atoms with E-state index in [4.69, 9.17) is 21.8 Å². The molecular formula is C13H16ClNO4. The molecule has 0 saturated carbocycles. The summed E-state index contributed by atoms with van der Waals surface area (Å²) in [4.78, 5) is 19.5. The molecule has 0 spiro atoms. The second-order valence-electron chi connectivity index (χ2n) is 3.44. The Morgan fingerprint density at radius 1 is 1.21 bits per heavy atom. The SMILES string of the molecule is C=CC(Cl)c1ccccc1.O=C(O)CNCC(=O)O. The summed E-state index contributed by atoms with van der Waals surface area (Å²) < 4.78 is 0. The van der Waals surface area contributed by atoms with Gasteiger partial charge in [0.2, 0.25) is 0 Å². The number of allylic oxidation sites excluding steroid dienone is 1. The molecule has 19 heavy (non-hydrogen) atoms. The van der Waals surface area contributed by atoms with Crippen molar-refractivity contribution in [2.75, 3.05) is 13.1 Å². The van der Waals surface area contributed by atoms with Crippen molar-refractivity contribution >= 4 is 23.5 Å². The predicted molar refractivity (Wildman–Crippen MR) is 73.4 cm³/mol. The first kappa shape index (κ1) is 17.2. The van der Waals surface area contributed by atoms with Gasteiger partial charge in [-0.1, -0.05) is 36.4 Å². The summed E-state index contributed by atoms with van der Waals surface area (Å²) in [6.07, 6.45) is 1.72. The Labute approximate surface area is 116 Å². The highest BCUT2D eigenvalue weighted by molar-refractivity contribution is 6.21. The molecule has 0 bridgehead atoms. The van der Waals surface area contributed by atoms with Gasteiger partial charge in [-0.15, -0.1) is 18.2 Å². The Hall–Kier alpha value is -1.85. The Balaban J connectivity index is 0.000000344. The first-order chi connectivity index (χ1) is 8.97. The molecule has 1 aromatic carbocycles. The van der Waals surface area contributed by atoms with Gasteiger partial charge >= 0.3 is 11.9 Å². The third-order valence-electron chi connectivity index (χ3n) is 1.88. The van der Waals surface area contributed by atoms with Crippen LogP contribution in [0, 0.1) is 0 Å². The highest BCUT2D eigenvalue weighted by Gasteiger charge is 1.99. The molecule has 6 heteroatoms. The number of nitrogens with one attached hydrogen (secondary N) is 1. The second kappa shape index (κ2) is 10.1. The summed E-state index contributed by atoms with van der Waals surface area (Å²) in [5.74, 6) is -2.12. The van der Waals surface area contributed by atoms with Crippen molar-refractivity contribution in [1.29, 1.82) is 0 Å².